The minimum Gasteiger partial charge on any atom is -0.393 e. The predicted molar refractivity (Wildman–Crippen MR) is 40.7 cm³/mol. The van der Waals surface area contributed by atoms with Gasteiger partial charge < -0.3 is 5.11 Å². The van der Waals surface area contributed by atoms with Gasteiger partial charge in [-0.3, -0.25) is 0 Å². The highest BCUT2D eigenvalue weighted by Crippen LogP contribution is 2.55. The molecule has 1 unspecified atom stereocenters. The third-order valence-corrected chi connectivity index (χ3v) is 3.37. The Labute approximate surface area is 62.4 Å². The Hall–Kier alpha value is -0.0400. The van der Waals surface area contributed by atoms with Gasteiger partial charge in [-0.2, -0.15) is 0 Å². The molecule has 0 bridgehead atoms. The summed E-state index contributed by atoms with van der Waals surface area (Å²) in [5, 5.41) is 9.62. The molecular formula is C9H16O. The first kappa shape index (κ1) is 6.66. The standard InChI is InChI=1S/C9H16O/c1-7-5-9(6-7)4-2-3-8(9)10/h7-8,10H,2-6H2,1H3. The lowest BCUT2D eigenvalue weighted by Gasteiger charge is -2.46. The second-order valence-corrected chi connectivity index (χ2v) is 4.28. The summed E-state index contributed by atoms with van der Waals surface area (Å²) >= 11 is 0. The zero-order chi connectivity index (χ0) is 7.19. The van der Waals surface area contributed by atoms with Crippen LogP contribution in [-0.2, 0) is 0 Å². The molecule has 2 aliphatic carbocycles. The Morgan fingerprint density at radius 2 is 2.10 bits per heavy atom. The van der Waals surface area contributed by atoms with E-state index in [4.69, 9.17) is 0 Å². The van der Waals surface area contributed by atoms with Crippen molar-refractivity contribution in [2.24, 2.45) is 11.3 Å². The van der Waals surface area contributed by atoms with Crippen LogP contribution in [0.2, 0.25) is 0 Å². The van der Waals surface area contributed by atoms with Crippen LogP contribution in [-0.4, -0.2) is 11.2 Å². The lowest BCUT2D eigenvalue weighted by Crippen LogP contribution is -2.41. The average Bonchev–Trinajstić information content (AvgIpc) is 2.12. The van der Waals surface area contributed by atoms with Gasteiger partial charge in [0.15, 0.2) is 0 Å². The molecule has 10 heavy (non-hydrogen) atoms. The summed E-state index contributed by atoms with van der Waals surface area (Å²) < 4.78 is 0. The van der Waals surface area contributed by atoms with Crippen LogP contribution in [0.1, 0.15) is 39.0 Å². The topological polar surface area (TPSA) is 20.2 Å². The molecule has 0 amide bonds. The smallest absolute Gasteiger partial charge is 0.0596 e. The molecule has 0 saturated heterocycles. The summed E-state index contributed by atoms with van der Waals surface area (Å²) in [6.07, 6.45) is 6.23. The highest BCUT2D eigenvalue weighted by molar-refractivity contribution is 5.00. The first-order valence-corrected chi connectivity index (χ1v) is 4.41. The summed E-state index contributed by atoms with van der Waals surface area (Å²) in [6.45, 7) is 2.29. The SMILES string of the molecule is CC1CC2(CCCC2O)C1. The van der Waals surface area contributed by atoms with Crippen LogP contribution in [0.25, 0.3) is 0 Å². The first-order chi connectivity index (χ1) is 4.73. The minimum atomic E-state index is 0.0451. The van der Waals surface area contributed by atoms with E-state index in [1.165, 1.54) is 25.7 Å². The van der Waals surface area contributed by atoms with Crippen molar-refractivity contribution in [3.05, 3.63) is 0 Å². The van der Waals surface area contributed by atoms with Crippen molar-refractivity contribution < 1.29 is 5.11 Å². The van der Waals surface area contributed by atoms with Crippen molar-refractivity contribution in [2.45, 2.75) is 45.1 Å². The number of aliphatic hydroxyl groups is 1. The Morgan fingerprint density at radius 3 is 2.50 bits per heavy atom. The number of hydrogen-bond donors (Lipinski definition) is 1. The molecule has 1 spiro atoms. The third-order valence-electron chi connectivity index (χ3n) is 3.37. The number of rotatable bonds is 0. The Bertz CT molecular complexity index is 136. The number of hydrogen-bond acceptors (Lipinski definition) is 1. The van der Waals surface area contributed by atoms with E-state index in [1.807, 2.05) is 0 Å². The molecule has 0 aromatic heterocycles. The van der Waals surface area contributed by atoms with Crippen LogP contribution in [0, 0.1) is 11.3 Å². The molecule has 2 saturated carbocycles. The molecule has 1 N–H and O–H groups in total. The molecule has 1 nitrogen and oxygen atoms in total. The van der Waals surface area contributed by atoms with Gasteiger partial charge in [0.25, 0.3) is 0 Å². The maximum absolute atomic E-state index is 9.62. The van der Waals surface area contributed by atoms with Crippen molar-refractivity contribution in [2.75, 3.05) is 0 Å². The zero-order valence-electron chi connectivity index (χ0n) is 6.64. The van der Waals surface area contributed by atoms with E-state index >= 15 is 0 Å². The summed E-state index contributed by atoms with van der Waals surface area (Å²) in [5.74, 6) is 0.882. The molecule has 2 aliphatic rings. The fraction of sp³-hybridized carbons (Fsp3) is 1.00. The van der Waals surface area contributed by atoms with Crippen molar-refractivity contribution in [3.8, 4) is 0 Å². The van der Waals surface area contributed by atoms with Crippen LogP contribution < -0.4 is 0 Å². The monoisotopic (exact) mass is 140 g/mol. The predicted octanol–water partition coefficient (Wildman–Crippen LogP) is 1.95. The normalized spacial score (nSPS) is 53.4. The van der Waals surface area contributed by atoms with Gasteiger partial charge in [0, 0.05) is 0 Å². The van der Waals surface area contributed by atoms with Gasteiger partial charge in [-0.05, 0) is 37.0 Å². The van der Waals surface area contributed by atoms with Gasteiger partial charge in [0.05, 0.1) is 6.10 Å². The molecule has 0 aromatic carbocycles. The minimum absolute atomic E-state index is 0.0451. The highest BCUT2D eigenvalue weighted by Gasteiger charge is 2.49. The van der Waals surface area contributed by atoms with Crippen LogP contribution in [0.4, 0.5) is 0 Å². The summed E-state index contributed by atoms with van der Waals surface area (Å²) in [6, 6.07) is 0. The molecular weight excluding hydrogens is 124 g/mol. The van der Waals surface area contributed by atoms with Gasteiger partial charge in [-0.15, -0.1) is 0 Å². The van der Waals surface area contributed by atoms with Crippen LogP contribution >= 0.6 is 0 Å². The summed E-state index contributed by atoms with van der Waals surface area (Å²) in [7, 11) is 0. The van der Waals surface area contributed by atoms with Gasteiger partial charge in [0.1, 0.15) is 0 Å². The molecule has 2 rings (SSSR count). The maximum atomic E-state index is 9.62. The highest BCUT2D eigenvalue weighted by atomic mass is 16.3. The van der Waals surface area contributed by atoms with E-state index in [0.717, 1.165) is 12.3 Å². The number of aliphatic hydroxyl groups excluding tert-OH is 1. The van der Waals surface area contributed by atoms with E-state index in [2.05, 4.69) is 6.92 Å². The molecule has 1 heteroatoms. The molecule has 1 atom stereocenters. The van der Waals surface area contributed by atoms with E-state index in [0.29, 0.717) is 5.41 Å². The quantitative estimate of drug-likeness (QED) is 0.545. The van der Waals surface area contributed by atoms with E-state index < -0.39 is 0 Å². The lowest BCUT2D eigenvalue weighted by atomic mass is 9.60. The molecule has 0 aliphatic heterocycles. The fourth-order valence-electron chi connectivity index (χ4n) is 2.92. The van der Waals surface area contributed by atoms with Gasteiger partial charge >= 0.3 is 0 Å². The van der Waals surface area contributed by atoms with Gasteiger partial charge in [0.2, 0.25) is 0 Å². The van der Waals surface area contributed by atoms with Crippen LogP contribution in [0.15, 0.2) is 0 Å². The molecule has 0 aromatic rings. The maximum Gasteiger partial charge on any atom is 0.0596 e. The summed E-state index contributed by atoms with van der Waals surface area (Å²) in [5.41, 5.74) is 0.402. The Kier molecular flexibility index (Phi) is 1.31. The van der Waals surface area contributed by atoms with Crippen molar-refractivity contribution in [3.63, 3.8) is 0 Å². The van der Waals surface area contributed by atoms with Crippen LogP contribution in [0.5, 0.6) is 0 Å². The second kappa shape index (κ2) is 1.97. The van der Waals surface area contributed by atoms with E-state index in [9.17, 15) is 5.11 Å². The second-order valence-electron chi connectivity index (χ2n) is 4.28. The Balaban J connectivity index is 2.03. The molecule has 0 heterocycles. The summed E-state index contributed by atoms with van der Waals surface area (Å²) in [4.78, 5) is 0. The average molecular weight is 140 g/mol. The largest absolute Gasteiger partial charge is 0.393 e. The van der Waals surface area contributed by atoms with E-state index in [1.54, 1.807) is 0 Å². The van der Waals surface area contributed by atoms with E-state index in [-0.39, 0.29) is 6.10 Å². The zero-order valence-corrected chi connectivity index (χ0v) is 6.64. The van der Waals surface area contributed by atoms with Crippen molar-refractivity contribution in [1.29, 1.82) is 0 Å². The lowest BCUT2D eigenvalue weighted by molar-refractivity contribution is -0.0407. The molecule has 58 valence electrons. The fourth-order valence-corrected chi connectivity index (χ4v) is 2.92. The third kappa shape index (κ3) is 0.731. The van der Waals surface area contributed by atoms with Crippen LogP contribution in [0.3, 0.4) is 0 Å². The van der Waals surface area contributed by atoms with Gasteiger partial charge in [-0.1, -0.05) is 13.3 Å². The molecule has 2 fully saturated rings. The Morgan fingerprint density at radius 1 is 1.40 bits per heavy atom. The molecule has 0 radical (unpaired) electrons. The van der Waals surface area contributed by atoms with Gasteiger partial charge in [-0.25, -0.2) is 0 Å². The van der Waals surface area contributed by atoms with Crippen molar-refractivity contribution >= 4 is 0 Å². The van der Waals surface area contributed by atoms with Crippen molar-refractivity contribution in [1.82, 2.24) is 0 Å². The first-order valence-electron chi connectivity index (χ1n) is 4.41.